The molecule has 0 aliphatic carbocycles. The lowest BCUT2D eigenvalue weighted by atomic mass is 10.3. The van der Waals surface area contributed by atoms with Gasteiger partial charge in [-0.1, -0.05) is 24.8 Å². The average molecular weight is 178 g/mol. The highest BCUT2D eigenvalue weighted by Gasteiger charge is 1.80. The molecule has 1 aromatic carbocycles. The van der Waals surface area contributed by atoms with Gasteiger partial charge in [-0.15, -0.1) is 0 Å². The lowest BCUT2D eigenvalue weighted by Gasteiger charge is -1.93. The molecule has 0 aliphatic rings. The highest BCUT2D eigenvalue weighted by Crippen LogP contribution is 2.05. The minimum absolute atomic E-state index is 0.0185. The lowest BCUT2D eigenvalue weighted by molar-refractivity contribution is -0.112. The maximum Gasteiger partial charge on any atom is 0.152 e. The third-order valence-corrected chi connectivity index (χ3v) is 1.27. The zero-order valence-electron chi connectivity index (χ0n) is 7.99. The van der Waals surface area contributed by atoms with Gasteiger partial charge in [0.05, 0.1) is 7.11 Å². The van der Waals surface area contributed by atoms with E-state index in [1.54, 1.807) is 7.11 Å². The number of ether oxygens (including phenoxy) is 1. The van der Waals surface area contributed by atoms with Crippen molar-refractivity contribution in [2.75, 3.05) is 7.11 Å². The number of allylic oxidation sites excluding steroid dienone is 1. The van der Waals surface area contributed by atoms with E-state index < -0.39 is 0 Å². The summed E-state index contributed by atoms with van der Waals surface area (Å²) >= 11 is 0. The van der Waals surface area contributed by atoms with Crippen molar-refractivity contribution in [3.8, 4) is 5.75 Å². The molecule has 1 rings (SSSR count). The van der Waals surface area contributed by atoms with Gasteiger partial charge >= 0.3 is 0 Å². The molecule has 0 radical (unpaired) electrons. The second-order valence-corrected chi connectivity index (χ2v) is 2.33. The fraction of sp³-hybridized carbons (Fsp3) is 0.182. The van der Waals surface area contributed by atoms with Crippen LogP contribution in [0.25, 0.3) is 0 Å². The van der Waals surface area contributed by atoms with Crippen LogP contribution in [0.2, 0.25) is 0 Å². The molecular weight excluding hydrogens is 164 g/mol. The zero-order chi connectivity index (χ0) is 10.1. The Labute approximate surface area is 78.8 Å². The molecule has 2 nitrogen and oxygen atoms in total. The van der Waals surface area contributed by atoms with Gasteiger partial charge < -0.3 is 4.74 Å². The Morgan fingerprint density at radius 1 is 1.38 bits per heavy atom. The Bertz CT molecular complexity index is 252. The Kier molecular flexibility index (Phi) is 6.24. The third kappa shape index (κ3) is 6.81. The summed E-state index contributed by atoms with van der Waals surface area (Å²) in [5.41, 5.74) is 0. The van der Waals surface area contributed by atoms with E-state index in [0.717, 1.165) is 5.75 Å². The van der Waals surface area contributed by atoms with Crippen LogP contribution in [0.4, 0.5) is 0 Å². The lowest BCUT2D eigenvalue weighted by Crippen LogP contribution is -1.78. The fourth-order valence-electron chi connectivity index (χ4n) is 0.557. The fourth-order valence-corrected chi connectivity index (χ4v) is 0.557. The molecule has 2 heteroatoms. The topological polar surface area (TPSA) is 26.3 Å². The Hall–Kier alpha value is -1.57. The largest absolute Gasteiger partial charge is 0.497 e. The van der Waals surface area contributed by atoms with E-state index in [4.69, 9.17) is 4.74 Å². The molecule has 0 spiro atoms. The normalized spacial score (nSPS) is 7.85. The number of hydrogen-bond acceptors (Lipinski definition) is 2. The van der Waals surface area contributed by atoms with Crippen LogP contribution >= 0.6 is 0 Å². The molecule has 0 saturated heterocycles. The van der Waals surface area contributed by atoms with E-state index in [1.165, 1.54) is 13.0 Å². The van der Waals surface area contributed by atoms with Crippen LogP contribution in [-0.4, -0.2) is 12.9 Å². The SMILES string of the molecule is C=CC(C)=O.COc1ccccc1. The van der Waals surface area contributed by atoms with Gasteiger partial charge in [0.15, 0.2) is 5.78 Å². The summed E-state index contributed by atoms with van der Waals surface area (Å²) in [5, 5.41) is 0. The molecule has 0 aliphatic heterocycles. The van der Waals surface area contributed by atoms with Crippen LogP contribution < -0.4 is 4.74 Å². The zero-order valence-corrected chi connectivity index (χ0v) is 7.99. The number of carbonyl (C=O) groups is 1. The summed E-state index contributed by atoms with van der Waals surface area (Å²) in [6, 6.07) is 9.68. The highest BCUT2D eigenvalue weighted by molar-refractivity contribution is 5.86. The predicted molar refractivity (Wildman–Crippen MR) is 53.9 cm³/mol. The van der Waals surface area contributed by atoms with Gasteiger partial charge in [-0.3, -0.25) is 4.79 Å². The van der Waals surface area contributed by atoms with E-state index >= 15 is 0 Å². The molecule has 0 amide bonds. The average Bonchev–Trinajstić information content (AvgIpc) is 2.20. The third-order valence-electron chi connectivity index (χ3n) is 1.27. The van der Waals surface area contributed by atoms with Gasteiger partial charge in [0.2, 0.25) is 0 Å². The van der Waals surface area contributed by atoms with Gasteiger partial charge in [0.1, 0.15) is 5.75 Å². The number of carbonyl (C=O) groups excluding carboxylic acids is 1. The molecule has 0 atom stereocenters. The van der Waals surface area contributed by atoms with Crippen molar-refractivity contribution in [3.63, 3.8) is 0 Å². The Morgan fingerprint density at radius 3 is 2.08 bits per heavy atom. The predicted octanol–water partition coefficient (Wildman–Crippen LogP) is 2.46. The minimum atomic E-state index is 0.0185. The highest BCUT2D eigenvalue weighted by atomic mass is 16.5. The first-order valence-corrected chi connectivity index (χ1v) is 3.92. The standard InChI is InChI=1S/C7H8O.C4H6O/c1-8-7-5-3-2-4-6-7;1-3-4(2)5/h2-6H,1H3;3H,1H2,2H3. The summed E-state index contributed by atoms with van der Waals surface area (Å²) in [6.07, 6.45) is 1.28. The second-order valence-electron chi connectivity index (χ2n) is 2.33. The summed E-state index contributed by atoms with van der Waals surface area (Å²) < 4.78 is 4.91. The van der Waals surface area contributed by atoms with Crippen molar-refractivity contribution < 1.29 is 9.53 Å². The molecule has 0 heterocycles. The van der Waals surface area contributed by atoms with E-state index in [0.29, 0.717) is 0 Å². The molecule has 1 aromatic rings. The monoisotopic (exact) mass is 178 g/mol. The molecule has 0 fully saturated rings. The molecule has 13 heavy (non-hydrogen) atoms. The van der Waals surface area contributed by atoms with Gasteiger partial charge in [0, 0.05) is 0 Å². The van der Waals surface area contributed by atoms with Crippen molar-refractivity contribution in [3.05, 3.63) is 43.0 Å². The molecular formula is C11H14O2. The van der Waals surface area contributed by atoms with E-state index in [9.17, 15) is 4.79 Å². The van der Waals surface area contributed by atoms with Crippen LogP contribution in [0, 0.1) is 0 Å². The maximum atomic E-state index is 9.69. The molecule has 0 N–H and O–H groups in total. The number of hydrogen-bond donors (Lipinski definition) is 0. The van der Waals surface area contributed by atoms with Gasteiger partial charge in [-0.25, -0.2) is 0 Å². The molecule has 70 valence electrons. The van der Waals surface area contributed by atoms with Crippen LogP contribution in [-0.2, 0) is 4.79 Å². The van der Waals surface area contributed by atoms with Crippen LogP contribution in [0.5, 0.6) is 5.75 Å². The van der Waals surface area contributed by atoms with Crippen molar-refractivity contribution in [1.82, 2.24) is 0 Å². The van der Waals surface area contributed by atoms with E-state index in [2.05, 4.69) is 6.58 Å². The van der Waals surface area contributed by atoms with Gasteiger partial charge in [-0.2, -0.15) is 0 Å². The van der Waals surface area contributed by atoms with Crippen molar-refractivity contribution in [2.24, 2.45) is 0 Å². The maximum absolute atomic E-state index is 9.69. The molecule has 0 bridgehead atoms. The van der Waals surface area contributed by atoms with E-state index in [-0.39, 0.29) is 5.78 Å². The first-order chi connectivity index (χ1) is 6.20. The van der Waals surface area contributed by atoms with Gasteiger partial charge in [-0.05, 0) is 25.1 Å². The molecule has 0 aromatic heterocycles. The molecule has 0 unspecified atom stereocenters. The number of rotatable bonds is 2. The summed E-state index contributed by atoms with van der Waals surface area (Å²) in [5.74, 6) is 0.928. The van der Waals surface area contributed by atoms with Crippen molar-refractivity contribution >= 4 is 5.78 Å². The Morgan fingerprint density at radius 2 is 1.85 bits per heavy atom. The summed E-state index contributed by atoms with van der Waals surface area (Å²) in [4.78, 5) is 9.69. The number of para-hydroxylation sites is 1. The van der Waals surface area contributed by atoms with E-state index in [1.807, 2.05) is 30.3 Å². The number of ketones is 1. The quantitative estimate of drug-likeness (QED) is 0.650. The van der Waals surface area contributed by atoms with Crippen molar-refractivity contribution in [1.29, 1.82) is 0 Å². The van der Waals surface area contributed by atoms with Crippen LogP contribution in [0.3, 0.4) is 0 Å². The smallest absolute Gasteiger partial charge is 0.152 e. The first-order valence-electron chi connectivity index (χ1n) is 3.92. The molecule has 0 saturated carbocycles. The second kappa shape index (κ2) is 7.10. The first kappa shape index (κ1) is 11.4. The van der Waals surface area contributed by atoms with Gasteiger partial charge in [0.25, 0.3) is 0 Å². The summed E-state index contributed by atoms with van der Waals surface area (Å²) in [7, 11) is 1.66. The summed E-state index contributed by atoms with van der Waals surface area (Å²) in [6.45, 7) is 4.68. The van der Waals surface area contributed by atoms with Crippen molar-refractivity contribution in [2.45, 2.75) is 6.92 Å². The number of methoxy groups -OCH3 is 1. The minimum Gasteiger partial charge on any atom is -0.497 e. The Balaban J connectivity index is 0.000000252. The van der Waals surface area contributed by atoms with Crippen LogP contribution in [0.15, 0.2) is 43.0 Å². The number of benzene rings is 1. The van der Waals surface area contributed by atoms with Crippen LogP contribution in [0.1, 0.15) is 6.92 Å².